The highest BCUT2D eigenvalue weighted by Crippen LogP contribution is 2.48. The first-order chi connectivity index (χ1) is 8.43. The van der Waals surface area contributed by atoms with Gasteiger partial charge in [0.05, 0.1) is 15.1 Å². The summed E-state index contributed by atoms with van der Waals surface area (Å²) in [5, 5.41) is 0.289. The third-order valence-electron chi connectivity index (χ3n) is 2.56. The summed E-state index contributed by atoms with van der Waals surface area (Å²) in [7, 11) is 0. The molecule has 0 radical (unpaired) electrons. The predicted molar refractivity (Wildman–Crippen MR) is 74.7 cm³/mol. The van der Waals surface area contributed by atoms with Crippen LogP contribution < -0.4 is 4.74 Å². The fourth-order valence-electron chi connectivity index (χ4n) is 1.38. The van der Waals surface area contributed by atoms with E-state index in [1.807, 2.05) is 0 Å². The van der Waals surface area contributed by atoms with E-state index in [2.05, 4.69) is 0 Å². The van der Waals surface area contributed by atoms with Crippen LogP contribution in [0.15, 0.2) is 0 Å². The zero-order valence-electron chi connectivity index (χ0n) is 8.90. The van der Waals surface area contributed by atoms with Crippen LogP contribution >= 0.6 is 58.0 Å². The molecule has 0 bridgehead atoms. The summed E-state index contributed by atoms with van der Waals surface area (Å²) in [4.78, 5) is 11.5. The van der Waals surface area contributed by atoms with Crippen LogP contribution in [0.25, 0.3) is 0 Å². The third-order valence-corrected chi connectivity index (χ3v) is 4.80. The van der Waals surface area contributed by atoms with E-state index in [0.717, 1.165) is 12.8 Å². The first-order valence-electron chi connectivity index (χ1n) is 5.10. The Morgan fingerprint density at radius 1 is 0.944 bits per heavy atom. The van der Waals surface area contributed by atoms with Crippen molar-refractivity contribution in [2.24, 2.45) is 5.92 Å². The predicted octanol–water partition coefficient (Wildman–Crippen LogP) is 5.31. The normalized spacial score (nSPS) is 14.7. The Balaban J connectivity index is 2.23. The molecule has 7 heteroatoms. The van der Waals surface area contributed by atoms with Gasteiger partial charge in [-0.25, -0.2) is 0 Å². The van der Waals surface area contributed by atoms with E-state index in [-0.39, 0.29) is 49.2 Å². The van der Waals surface area contributed by atoms with Gasteiger partial charge >= 0.3 is 0 Å². The summed E-state index contributed by atoms with van der Waals surface area (Å²) in [6.07, 6.45) is 1.82. The van der Waals surface area contributed by atoms with Crippen molar-refractivity contribution in [1.29, 1.82) is 0 Å². The average Bonchev–Trinajstić information content (AvgIpc) is 3.18. The molecule has 1 aliphatic rings. The first-order valence-corrected chi connectivity index (χ1v) is 6.99. The molecule has 0 atom stereocenters. The van der Waals surface area contributed by atoms with Crippen LogP contribution in [0, 0.1) is 5.92 Å². The maximum atomic E-state index is 11.5. The fraction of sp³-hybridized carbons (Fsp3) is 0.364. The molecule has 0 unspecified atom stereocenters. The molecule has 1 aromatic rings. The molecule has 0 aromatic heterocycles. The van der Waals surface area contributed by atoms with E-state index in [1.54, 1.807) is 0 Å². The number of hydrogen-bond donors (Lipinski definition) is 0. The van der Waals surface area contributed by atoms with Gasteiger partial charge in [-0.3, -0.25) is 4.79 Å². The number of ether oxygens (including phenoxy) is 1. The summed E-state index contributed by atoms with van der Waals surface area (Å²) >= 11 is 29.5. The van der Waals surface area contributed by atoms with E-state index in [9.17, 15) is 4.79 Å². The molecule has 0 aliphatic heterocycles. The van der Waals surface area contributed by atoms with E-state index < -0.39 is 0 Å². The van der Waals surface area contributed by atoms with Crippen LogP contribution in [-0.4, -0.2) is 12.4 Å². The molecule has 0 N–H and O–H groups in total. The second kappa shape index (κ2) is 5.64. The molecule has 1 aromatic carbocycles. The minimum Gasteiger partial charge on any atom is -0.483 e. The highest BCUT2D eigenvalue weighted by atomic mass is 35.5. The van der Waals surface area contributed by atoms with Gasteiger partial charge in [0.1, 0.15) is 16.7 Å². The van der Waals surface area contributed by atoms with Crippen molar-refractivity contribution in [2.45, 2.75) is 12.8 Å². The molecule has 18 heavy (non-hydrogen) atoms. The second-order valence-electron chi connectivity index (χ2n) is 3.93. The second-order valence-corrected chi connectivity index (χ2v) is 5.82. The Labute approximate surface area is 129 Å². The summed E-state index contributed by atoms with van der Waals surface area (Å²) in [5.41, 5.74) is 0. The maximum absolute atomic E-state index is 11.5. The number of rotatable bonds is 4. The number of halogens is 5. The van der Waals surface area contributed by atoms with Gasteiger partial charge in [0.2, 0.25) is 0 Å². The summed E-state index contributed by atoms with van der Waals surface area (Å²) in [5.74, 6) is 0.205. The van der Waals surface area contributed by atoms with Crippen molar-refractivity contribution in [3.63, 3.8) is 0 Å². The number of carbonyl (C=O) groups is 1. The lowest BCUT2D eigenvalue weighted by Gasteiger charge is -2.13. The maximum Gasteiger partial charge on any atom is 0.173 e. The molecule has 0 heterocycles. The Kier molecular flexibility index (Phi) is 4.56. The van der Waals surface area contributed by atoms with Gasteiger partial charge in [0.25, 0.3) is 0 Å². The lowest BCUT2D eigenvalue weighted by molar-refractivity contribution is -0.122. The molecule has 98 valence electrons. The minimum absolute atomic E-state index is 0.0179. The van der Waals surface area contributed by atoms with Crippen LogP contribution in [0.2, 0.25) is 25.1 Å². The van der Waals surface area contributed by atoms with Gasteiger partial charge < -0.3 is 4.74 Å². The molecule has 0 amide bonds. The molecule has 0 saturated heterocycles. The standard InChI is InChI=1S/C11H7Cl5O2/c12-6-7(13)9(15)11(10(16)8(6)14)18-3-5(17)4-1-2-4/h4H,1-3H2. The monoisotopic (exact) mass is 346 g/mol. The van der Waals surface area contributed by atoms with Crippen molar-refractivity contribution in [2.75, 3.05) is 6.61 Å². The van der Waals surface area contributed by atoms with Crippen molar-refractivity contribution in [1.82, 2.24) is 0 Å². The summed E-state index contributed by atoms with van der Waals surface area (Å²) < 4.78 is 5.31. The van der Waals surface area contributed by atoms with E-state index in [1.165, 1.54) is 0 Å². The minimum atomic E-state index is -0.0988. The van der Waals surface area contributed by atoms with Gasteiger partial charge in [0, 0.05) is 5.92 Å². The SMILES string of the molecule is O=C(COc1c(Cl)c(Cl)c(Cl)c(Cl)c1Cl)C1CC1. The van der Waals surface area contributed by atoms with E-state index in [4.69, 9.17) is 62.7 Å². The van der Waals surface area contributed by atoms with Crippen LogP contribution in [0.1, 0.15) is 12.8 Å². The number of hydrogen-bond acceptors (Lipinski definition) is 2. The molecule has 1 fully saturated rings. The van der Waals surface area contributed by atoms with Gasteiger partial charge in [-0.05, 0) is 12.8 Å². The van der Waals surface area contributed by atoms with E-state index >= 15 is 0 Å². The third kappa shape index (κ3) is 2.83. The average molecular weight is 348 g/mol. The quantitative estimate of drug-likeness (QED) is 0.544. The number of Topliss-reactive ketones (excluding diaryl/α,β-unsaturated/α-hetero) is 1. The molecule has 1 saturated carbocycles. The zero-order chi connectivity index (χ0) is 13.4. The lowest BCUT2D eigenvalue weighted by Crippen LogP contribution is -2.13. The molecule has 2 nitrogen and oxygen atoms in total. The van der Waals surface area contributed by atoms with Gasteiger partial charge in [0.15, 0.2) is 11.5 Å². The van der Waals surface area contributed by atoms with Gasteiger partial charge in [-0.1, -0.05) is 58.0 Å². The van der Waals surface area contributed by atoms with Crippen LogP contribution in [0.3, 0.4) is 0 Å². The van der Waals surface area contributed by atoms with Crippen molar-refractivity contribution in [3.05, 3.63) is 25.1 Å². The van der Waals surface area contributed by atoms with Crippen molar-refractivity contribution in [3.8, 4) is 5.75 Å². The van der Waals surface area contributed by atoms with Gasteiger partial charge in [-0.15, -0.1) is 0 Å². The molecular formula is C11H7Cl5O2. The highest BCUT2D eigenvalue weighted by molar-refractivity contribution is 6.55. The lowest BCUT2D eigenvalue weighted by atomic mass is 10.3. The molecular weight excluding hydrogens is 341 g/mol. The van der Waals surface area contributed by atoms with Crippen molar-refractivity contribution < 1.29 is 9.53 Å². The number of ketones is 1. The smallest absolute Gasteiger partial charge is 0.173 e. The Hall–Kier alpha value is 0.140. The Morgan fingerprint density at radius 2 is 1.39 bits per heavy atom. The molecule has 2 rings (SSSR count). The first kappa shape index (κ1) is 14.5. The Morgan fingerprint density at radius 3 is 1.83 bits per heavy atom. The fourth-order valence-corrected chi connectivity index (χ4v) is 2.61. The van der Waals surface area contributed by atoms with Crippen LogP contribution in [0.4, 0.5) is 0 Å². The van der Waals surface area contributed by atoms with Crippen LogP contribution in [0.5, 0.6) is 5.75 Å². The van der Waals surface area contributed by atoms with E-state index in [0.29, 0.717) is 0 Å². The Bertz CT molecular complexity index is 482. The summed E-state index contributed by atoms with van der Waals surface area (Å²) in [6.45, 7) is -0.0988. The number of carbonyl (C=O) groups excluding carboxylic acids is 1. The summed E-state index contributed by atoms with van der Waals surface area (Å²) in [6, 6.07) is 0. The van der Waals surface area contributed by atoms with Crippen molar-refractivity contribution >= 4 is 63.8 Å². The topological polar surface area (TPSA) is 26.3 Å². The van der Waals surface area contributed by atoms with Crippen LogP contribution in [-0.2, 0) is 4.79 Å². The zero-order valence-corrected chi connectivity index (χ0v) is 12.7. The largest absolute Gasteiger partial charge is 0.483 e. The number of benzene rings is 1. The molecule has 1 aliphatic carbocycles. The van der Waals surface area contributed by atoms with Gasteiger partial charge in [-0.2, -0.15) is 0 Å². The highest BCUT2D eigenvalue weighted by Gasteiger charge is 2.30. The molecule has 0 spiro atoms.